The second-order valence-corrected chi connectivity index (χ2v) is 4.40. The van der Waals surface area contributed by atoms with E-state index >= 15 is 0 Å². The molecule has 4 heteroatoms. The lowest BCUT2D eigenvalue weighted by molar-refractivity contribution is 0.0692. The van der Waals surface area contributed by atoms with Gasteiger partial charge >= 0.3 is 5.97 Å². The highest BCUT2D eigenvalue weighted by Crippen LogP contribution is 2.18. The minimum absolute atomic E-state index is 0.215. The molecule has 0 amide bonds. The van der Waals surface area contributed by atoms with Gasteiger partial charge in [0.25, 0.3) is 0 Å². The summed E-state index contributed by atoms with van der Waals surface area (Å²) in [5, 5.41) is 9.01. The number of hydrogen-bond acceptors (Lipinski definition) is 3. The van der Waals surface area contributed by atoms with Crippen LogP contribution in [0.1, 0.15) is 43.0 Å². The summed E-state index contributed by atoms with van der Waals surface area (Å²) >= 11 is 0. The summed E-state index contributed by atoms with van der Waals surface area (Å²) in [6.45, 7) is 3.21. The summed E-state index contributed by atoms with van der Waals surface area (Å²) < 4.78 is 10.7. The van der Waals surface area contributed by atoms with Gasteiger partial charge in [0.05, 0.1) is 19.5 Å². The predicted molar refractivity (Wildman–Crippen MR) is 78.1 cm³/mol. The minimum Gasteiger partial charge on any atom is -0.502 e. The van der Waals surface area contributed by atoms with Crippen molar-refractivity contribution in [3.05, 3.63) is 42.2 Å². The van der Waals surface area contributed by atoms with Crippen LogP contribution < -0.4 is 4.74 Å². The monoisotopic (exact) mass is 278 g/mol. The van der Waals surface area contributed by atoms with E-state index in [1.54, 1.807) is 30.5 Å². The number of hydrogen-bond donors (Lipinski definition) is 1. The van der Waals surface area contributed by atoms with Gasteiger partial charge in [-0.05, 0) is 44.7 Å². The van der Waals surface area contributed by atoms with Crippen molar-refractivity contribution >= 4 is 5.97 Å². The van der Waals surface area contributed by atoms with E-state index in [0.717, 1.165) is 32.3 Å². The number of carboxylic acids is 1. The number of unbranched alkanes of at least 4 members (excludes halogenated alkanes) is 3. The highest BCUT2D eigenvalue weighted by atomic mass is 16.5. The highest BCUT2D eigenvalue weighted by Gasteiger charge is 2.09. The maximum absolute atomic E-state index is 11.0. The second-order valence-electron chi connectivity index (χ2n) is 4.40. The van der Waals surface area contributed by atoms with Crippen molar-refractivity contribution in [1.82, 2.24) is 0 Å². The summed E-state index contributed by atoms with van der Waals surface area (Å²) in [7, 11) is 0. The first-order valence-electron chi connectivity index (χ1n) is 6.93. The Bertz CT molecular complexity index is 426. The van der Waals surface area contributed by atoms with Crippen molar-refractivity contribution in [2.75, 3.05) is 13.2 Å². The molecule has 0 saturated carbocycles. The van der Waals surface area contributed by atoms with Gasteiger partial charge in [-0.1, -0.05) is 18.2 Å². The van der Waals surface area contributed by atoms with Crippen LogP contribution in [0.5, 0.6) is 5.75 Å². The van der Waals surface area contributed by atoms with Gasteiger partial charge in [0, 0.05) is 0 Å². The van der Waals surface area contributed by atoms with Gasteiger partial charge in [-0.3, -0.25) is 0 Å². The summed E-state index contributed by atoms with van der Waals surface area (Å²) in [5.41, 5.74) is 0.215. The lowest BCUT2D eigenvalue weighted by Gasteiger charge is -2.08. The van der Waals surface area contributed by atoms with E-state index in [0.29, 0.717) is 12.4 Å². The smallest absolute Gasteiger partial charge is 0.339 e. The molecule has 20 heavy (non-hydrogen) atoms. The zero-order chi connectivity index (χ0) is 14.6. The molecule has 4 nitrogen and oxygen atoms in total. The molecule has 1 rings (SSSR count). The molecule has 0 aliphatic carbocycles. The number of rotatable bonds is 10. The molecule has 0 spiro atoms. The number of aromatic carboxylic acids is 1. The first-order valence-corrected chi connectivity index (χ1v) is 6.93. The van der Waals surface area contributed by atoms with Gasteiger partial charge in [-0.15, -0.1) is 0 Å². The summed E-state index contributed by atoms with van der Waals surface area (Å²) in [6.07, 6.45) is 7.64. The first-order chi connectivity index (χ1) is 9.75. The maximum Gasteiger partial charge on any atom is 0.339 e. The van der Waals surface area contributed by atoms with E-state index in [4.69, 9.17) is 14.6 Å². The van der Waals surface area contributed by atoms with Gasteiger partial charge in [-0.25, -0.2) is 4.79 Å². The quantitative estimate of drug-likeness (QED) is 0.521. The van der Waals surface area contributed by atoms with Crippen LogP contribution in [-0.2, 0) is 4.74 Å². The number of carboxylic acid groups (broad SMARTS) is 1. The molecule has 0 aromatic heterocycles. The first kappa shape index (κ1) is 16.1. The summed E-state index contributed by atoms with van der Waals surface area (Å²) in [4.78, 5) is 11.0. The minimum atomic E-state index is -0.957. The number of benzene rings is 1. The van der Waals surface area contributed by atoms with E-state index in [1.165, 1.54) is 0 Å². The van der Waals surface area contributed by atoms with Gasteiger partial charge in [0.15, 0.2) is 0 Å². The molecule has 0 atom stereocenters. The Balaban J connectivity index is 2.14. The van der Waals surface area contributed by atoms with Crippen LogP contribution >= 0.6 is 0 Å². The average Bonchev–Trinajstić information content (AvgIpc) is 2.46. The molecule has 1 aromatic rings. The van der Waals surface area contributed by atoms with Crippen molar-refractivity contribution < 1.29 is 19.4 Å². The number of ether oxygens (including phenoxy) is 2. The topological polar surface area (TPSA) is 55.8 Å². The molecular formula is C16H22O4. The Kier molecular flexibility index (Phi) is 7.96. The van der Waals surface area contributed by atoms with Gasteiger partial charge in [0.2, 0.25) is 0 Å². The fourth-order valence-corrected chi connectivity index (χ4v) is 1.76. The Morgan fingerprint density at radius 3 is 2.55 bits per heavy atom. The molecule has 0 fully saturated rings. The van der Waals surface area contributed by atoms with E-state index in [-0.39, 0.29) is 5.56 Å². The molecule has 0 unspecified atom stereocenters. The fraction of sp³-hybridized carbons (Fsp3) is 0.438. The van der Waals surface area contributed by atoms with Crippen LogP contribution in [0.2, 0.25) is 0 Å². The molecule has 1 aromatic carbocycles. The maximum atomic E-state index is 11.0. The van der Waals surface area contributed by atoms with E-state index in [9.17, 15) is 4.79 Å². The van der Waals surface area contributed by atoms with Crippen molar-refractivity contribution in [2.24, 2.45) is 0 Å². The van der Waals surface area contributed by atoms with Crippen LogP contribution in [-0.4, -0.2) is 24.3 Å². The number of para-hydroxylation sites is 1. The Labute approximate surface area is 120 Å². The van der Waals surface area contributed by atoms with Crippen molar-refractivity contribution in [3.63, 3.8) is 0 Å². The lowest BCUT2D eigenvalue weighted by Crippen LogP contribution is -2.04. The van der Waals surface area contributed by atoms with Crippen molar-refractivity contribution in [2.45, 2.75) is 32.6 Å². The van der Waals surface area contributed by atoms with Crippen molar-refractivity contribution in [3.8, 4) is 5.75 Å². The third kappa shape index (κ3) is 6.27. The molecule has 0 bridgehead atoms. The van der Waals surface area contributed by atoms with E-state index < -0.39 is 5.97 Å². The molecule has 0 aliphatic rings. The SMILES string of the molecule is CC=COCCCCCCOc1ccccc1C(=O)O. The normalized spacial score (nSPS) is 10.7. The van der Waals surface area contributed by atoms with Crippen LogP contribution in [0.25, 0.3) is 0 Å². The van der Waals surface area contributed by atoms with Gasteiger partial charge in [0.1, 0.15) is 11.3 Å². The van der Waals surface area contributed by atoms with Gasteiger partial charge < -0.3 is 14.6 Å². The predicted octanol–water partition coefficient (Wildman–Crippen LogP) is 3.87. The Hall–Kier alpha value is -1.97. The van der Waals surface area contributed by atoms with Gasteiger partial charge in [-0.2, -0.15) is 0 Å². The van der Waals surface area contributed by atoms with E-state index in [2.05, 4.69) is 0 Å². The molecule has 0 saturated heterocycles. The second kappa shape index (κ2) is 9.89. The summed E-state index contributed by atoms with van der Waals surface area (Å²) in [5.74, 6) is -0.516. The third-order valence-corrected chi connectivity index (χ3v) is 2.76. The molecule has 1 N–H and O–H groups in total. The molecule has 0 heterocycles. The average molecular weight is 278 g/mol. The molecule has 0 radical (unpaired) electrons. The molecule has 0 aliphatic heterocycles. The zero-order valence-corrected chi connectivity index (χ0v) is 11.9. The highest BCUT2D eigenvalue weighted by molar-refractivity contribution is 5.90. The van der Waals surface area contributed by atoms with E-state index in [1.807, 2.05) is 13.0 Å². The lowest BCUT2D eigenvalue weighted by atomic mass is 10.2. The van der Waals surface area contributed by atoms with Crippen LogP contribution in [0.15, 0.2) is 36.6 Å². The van der Waals surface area contributed by atoms with Crippen LogP contribution in [0.3, 0.4) is 0 Å². The zero-order valence-electron chi connectivity index (χ0n) is 11.9. The molecule has 110 valence electrons. The van der Waals surface area contributed by atoms with Crippen LogP contribution in [0, 0.1) is 0 Å². The largest absolute Gasteiger partial charge is 0.502 e. The van der Waals surface area contributed by atoms with Crippen molar-refractivity contribution in [1.29, 1.82) is 0 Å². The van der Waals surface area contributed by atoms with Crippen LogP contribution in [0.4, 0.5) is 0 Å². The Morgan fingerprint density at radius 2 is 1.85 bits per heavy atom. The third-order valence-electron chi connectivity index (χ3n) is 2.76. The standard InChI is InChI=1S/C16H22O4/c1-2-11-19-12-7-3-4-8-13-20-15-10-6-5-9-14(15)16(17)18/h2,5-6,9-11H,3-4,7-8,12-13H2,1H3,(H,17,18). The summed E-state index contributed by atoms with van der Waals surface area (Å²) in [6, 6.07) is 6.71. The number of allylic oxidation sites excluding steroid dienone is 1. The Morgan fingerprint density at radius 1 is 1.15 bits per heavy atom. The number of carbonyl (C=O) groups is 1. The molecular weight excluding hydrogens is 256 g/mol. The fourth-order valence-electron chi connectivity index (χ4n) is 1.76.